The van der Waals surface area contributed by atoms with Gasteiger partial charge in [-0.15, -0.1) is 0 Å². The smallest absolute Gasteiger partial charge is 0.319 e. The van der Waals surface area contributed by atoms with Crippen molar-refractivity contribution in [2.45, 2.75) is 25.3 Å². The van der Waals surface area contributed by atoms with Gasteiger partial charge in [-0.25, -0.2) is 9.78 Å². The third-order valence-corrected chi connectivity index (χ3v) is 4.78. The summed E-state index contributed by atoms with van der Waals surface area (Å²) in [6.07, 6.45) is 4.33. The number of amides is 3. The summed E-state index contributed by atoms with van der Waals surface area (Å²) >= 11 is 5.78. The molecular weight excluding hydrogens is 366 g/mol. The summed E-state index contributed by atoms with van der Waals surface area (Å²) in [5.74, 6) is 0.551. The van der Waals surface area contributed by atoms with Crippen molar-refractivity contribution in [2.24, 2.45) is 11.7 Å². The van der Waals surface area contributed by atoms with E-state index in [9.17, 15) is 9.59 Å². The fraction of sp³-hybridized carbons (Fsp3) is 0.316. The van der Waals surface area contributed by atoms with Crippen LogP contribution in [0, 0.1) is 5.92 Å². The first-order chi connectivity index (χ1) is 13.0. The number of pyridine rings is 1. The van der Waals surface area contributed by atoms with E-state index in [0.717, 1.165) is 19.3 Å². The molecule has 3 rings (SSSR count). The normalized spacial score (nSPS) is 18.7. The number of hydrogen-bond donors (Lipinski definition) is 4. The number of carbonyl (C=O) groups excluding carboxylic acids is 2. The molecule has 1 aliphatic rings. The monoisotopic (exact) mass is 387 g/mol. The lowest BCUT2D eigenvalue weighted by atomic mass is 10.1. The molecule has 1 heterocycles. The molecular formula is C19H22ClN5O2. The quantitative estimate of drug-likeness (QED) is 0.631. The van der Waals surface area contributed by atoms with Gasteiger partial charge in [0.25, 0.3) is 5.91 Å². The summed E-state index contributed by atoms with van der Waals surface area (Å²) in [6.45, 7) is 0.652. The zero-order valence-corrected chi connectivity index (χ0v) is 15.5. The lowest BCUT2D eigenvalue weighted by Gasteiger charge is -2.14. The third kappa shape index (κ3) is 5.42. The molecule has 1 saturated carbocycles. The molecule has 8 heteroatoms. The Balaban J connectivity index is 1.57. The van der Waals surface area contributed by atoms with Crippen LogP contribution >= 0.6 is 11.6 Å². The van der Waals surface area contributed by atoms with Crippen LogP contribution in [0.3, 0.4) is 0 Å². The molecule has 2 atom stereocenters. The first kappa shape index (κ1) is 19.1. The van der Waals surface area contributed by atoms with Gasteiger partial charge in [-0.1, -0.05) is 17.7 Å². The average Bonchev–Trinajstić information content (AvgIpc) is 3.11. The number of urea groups is 1. The number of hydrogen-bond acceptors (Lipinski definition) is 4. The van der Waals surface area contributed by atoms with Crippen LogP contribution in [0.25, 0.3) is 0 Å². The molecule has 2 aromatic rings. The Morgan fingerprint density at radius 1 is 1.19 bits per heavy atom. The topological polar surface area (TPSA) is 109 Å². The molecule has 0 radical (unpaired) electrons. The van der Waals surface area contributed by atoms with Gasteiger partial charge in [-0.2, -0.15) is 0 Å². The van der Waals surface area contributed by atoms with E-state index in [4.69, 9.17) is 17.3 Å². The average molecular weight is 388 g/mol. The molecule has 1 fully saturated rings. The zero-order chi connectivity index (χ0) is 19.2. The van der Waals surface area contributed by atoms with Crippen molar-refractivity contribution in [1.82, 2.24) is 10.3 Å². The van der Waals surface area contributed by atoms with Crippen LogP contribution in [0.5, 0.6) is 0 Å². The van der Waals surface area contributed by atoms with E-state index in [-0.39, 0.29) is 18.0 Å². The molecule has 0 spiro atoms. The number of carbonyl (C=O) groups is 2. The van der Waals surface area contributed by atoms with Crippen molar-refractivity contribution in [3.8, 4) is 0 Å². The predicted molar refractivity (Wildman–Crippen MR) is 106 cm³/mol. The van der Waals surface area contributed by atoms with E-state index < -0.39 is 0 Å². The Bertz CT molecular complexity index is 812. The van der Waals surface area contributed by atoms with Gasteiger partial charge in [0, 0.05) is 23.5 Å². The predicted octanol–water partition coefficient (Wildman–Crippen LogP) is 3.24. The molecule has 0 aliphatic heterocycles. The number of nitrogens with zero attached hydrogens (tertiary/aromatic N) is 1. The van der Waals surface area contributed by atoms with Crippen LogP contribution in [0.4, 0.5) is 16.3 Å². The number of rotatable bonds is 5. The van der Waals surface area contributed by atoms with Gasteiger partial charge in [0.2, 0.25) is 0 Å². The van der Waals surface area contributed by atoms with Gasteiger partial charge >= 0.3 is 6.03 Å². The van der Waals surface area contributed by atoms with Gasteiger partial charge in [-0.3, -0.25) is 4.79 Å². The van der Waals surface area contributed by atoms with Gasteiger partial charge in [0.05, 0.1) is 5.02 Å². The Morgan fingerprint density at radius 3 is 2.74 bits per heavy atom. The van der Waals surface area contributed by atoms with Gasteiger partial charge in [0.15, 0.2) is 0 Å². The minimum atomic E-state index is -0.324. The molecule has 0 saturated heterocycles. The van der Waals surface area contributed by atoms with E-state index in [1.807, 2.05) is 0 Å². The minimum absolute atomic E-state index is 0.140. The molecule has 27 heavy (non-hydrogen) atoms. The minimum Gasteiger partial charge on any atom is -0.335 e. The number of halogens is 1. The van der Waals surface area contributed by atoms with Crippen molar-refractivity contribution in [1.29, 1.82) is 0 Å². The molecule has 0 bridgehead atoms. The molecule has 5 N–H and O–H groups in total. The first-order valence-corrected chi connectivity index (χ1v) is 9.22. The molecule has 3 amide bonds. The van der Waals surface area contributed by atoms with Gasteiger partial charge in [-0.05, 0) is 62.1 Å². The molecule has 1 aromatic carbocycles. The summed E-state index contributed by atoms with van der Waals surface area (Å²) in [5, 5.41) is 8.91. The van der Waals surface area contributed by atoms with E-state index in [0.29, 0.717) is 34.6 Å². The summed E-state index contributed by atoms with van der Waals surface area (Å²) in [7, 11) is 0. The van der Waals surface area contributed by atoms with Crippen molar-refractivity contribution in [3.63, 3.8) is 0 Å². The van der Waals surface area contributed by atoms with Crippen molar-refractivity contribution in [3.05, 3.63) is 53.2 Å². The van der Waals surface area contributed by atoms with Crippen LogP contribution in [0.2, 0.25) is 5.02 Å². The van der Waals surface area contributed by atoms with E-state index in [1.54, 1.807) is 36.4 Å². The van der Waals surface area contributed by atoms with E-state index in [2.05, 4.69) is 20.9 Å². The highest BCUT2D eigenvalue weighted by Gasteiger charge is 2.24. The number of anilines is 2. The molecule has 142 valence electrons. The SMILES string of the molecule is NCC1CCC(NC(=O)Nc2cccc(C(=O)Nc3ccc(Cl)cn3)c2)C1. The highest BCUT2D eigenvalue weighted by atomic mass is 35.5. The van der Waals surface area contributed by atoms with Crippen LogP contribution in [-0.4, -0.2) is 29.5 Å². The Labute approximate surface area is 162 Å². The van der Waals surface area contributed by atoms with Crippen LogP contribution < -0.4 is 21.7 Å². The van der Waals surface area contributed by atoms with E-state index >= 15 is 0 Å². The highest BCUT2D eigenvalue weighted by Crippen LogP contribution is 2.24. The van der Waals surface area contributed by atoms with Crippen molar-refractivity contribution < 1.29 is 9.59 Å². The maximum absolute atomic E-state index is 12.4. The Morgan fingerprint density at radius 2 is 2.04 bits per heavy atom. The maximum atomic E-state index is 12.4. The van der Waals surface area contributed by atoms with Crippen LogP contribution in [0.1, 0.15) is 29.6 Å². The lowest BCUT2D eigenvalue weighted by Crippen LogP contribution is -2.36. The number of nitrogens with one attached hydrogen (secondary N) is 3. The van der Waals surface area contributed by atoms with Crippen LogP contribution in [0.15, 0.2) is 42.6 Å². The second-order valence-corrected chi connectivity index (χ2v) is 7.04. The van der Waals surface area contributed by atoms with Crippen molar-refractivity contribution in [2.75, 3.05) is 17.2 Å². The third-order valence-electron chi connectivity index (χ3n) is 4.56. The fourth-order valence-corrected chi connectivity index (χ4v) is 3.26. The summed E-state index contributed by atoms with van der Waals surface area (Å²) in [6, 6.07) is 9.83. The lowest BCUT2D eigenvalue weighted by molar-refractivity contribution is 0.102. The summed E-state index contributed by atoms with van der Waals surface area (Å²) in [4.78, 5) is 28.6. The Kier molecular flexibility index (Phi) is 6.26. The molecule has 2 unspecified atom stereocenters. The van der Waals surface area contributed by atoms with Crippen molar-refractivity contribution >= 4 is 35.0 Å². The summed E-state index contributed by atoms with van der Waals surface area (Å²) in [5.41, 5.74) is 6.63. The fourth-order valence-electron chi connectivity index (χ4n) is 3.15. The molecule has 1 aromatic heterocycles. The number of nitrogens with two attached hydrogens (primary N) is 1. The number of benzene rings is 1. The van der Waals surface area contributed by atoms with Gasteiger partial charge < -0.3 is 21.7 Å². The maximum Gasteiger partial charge on any atom is 0.319 e. The first-order valence-electron chi connectivity index (χ1n) is 8.84. The van der Waals surface area contributed by atoms with Crippen LogP contribution in [-0.2, 0) is 0 Å². The summed E-state index contributed by atoms with van der Waals surface area (Å²) < 4.78 is 0. The largest absolute Gasteiger partial charge is 0.335 e. The second-order valence-electron chi connectivity index (χ2n) is 6.61. The number of aromatic nitrogens is 1. The van der Waals surface area contributed by atoms with E-state index in [1.165, 1.54) is 6.20 Å². The highest BCUT2D eigenvalue weighted by molar-refractivity contribution is 6.30. The standard InChI is InChI=1S/C19H22ClN5O2/c20-14-5-7-17(22-11-14)25-18(26)13-2-1-3-15(9-13)23-19(27)24-16-6-4-12(8-16)10-21/h1-3,5,7,9,11-12,16H,4,6,8,10,21H2,(H,22,25,26)(H2,23,24,27). The zero-order valence-electron chi connectivity index (χ0n) is 14.7. The Hall–Kier alpha value is -2.64. The second kappa shape index (κ2) is 8.83. The van der Waals surface area contributed by atoms with Gasteiger partial charge in [0.1, 0.15) is 5.82 Å². The molecule has 7 nitrogen and oxygen atoms in total. The molecule has 1 aliphatic carbocycles.